The van der Waals surface area contributed by atoms with Crippen LogP contribution in [0.25, 0.3) is 11.5 Å². The molecule has 0 saturated carbocycles. The fourth-order valence-electron chi connectivity index (χ4n) is 2.05. The normalized spacial score (nSPS) is 10.5. The van der Waals surface area contributed by atoms with Crippen molar-refractivity contribution in [2.45, 2.75) is 13.3 Å². The van der Waals surface area contributed by atoms with Gasteiger partial charge in [-0.05, 0) is 31.2 Å². The summed E-state index contributed by atoms with van der Waals surface area (Å²) in [7, 11) is 1.61. The van der Waals surface area contributed by atoms with Crippen molar-refractivity contribution in [2.75, 3.05) is 12.4 Å². The number of aromatic nitrogens is 2. The Morgan fingerprint density at radius 3 is 2.78 bits per heavy atom. The number of rotatable bonds is 5. The van der Waals surface area contributed by atoms with Gasteiger partial charge in [-0.3, -0.25) is 4.79 Å². The topological polar surface area (TPSA) is 77.2 Å². The number of thiazole rings is 1. The van der Waals surface area contributed by atoms with Gasteiger partial charge in [0, 0.05) is 17.1 Å². The van der Waals surface area contributed by atoms with Crippen LogP contribution in [0.15, 0.2) is 40.3 Å². The molecule has 0 aliphatic heterocycles. The number of hydrogen-bond donors (Lipinski definition) is 1. The van der Waals surface area contributed by atoms with E-state index in [-0.39, 0.29) is 12.3 Å². The second-order valence-electron chi connectivity index (χ2n) is 4.81. The summed E-state index contributed by atoms with van der Waals surface area (Å²) in [6.07, 6.45) is 1.79. The van der Waals surface area contributed by atoms with E-state index in [2.05, 4.69) is 15.3 Å². The highest BCUT2D eigenvalue weighted by Gasteiger charge is 2.15. The summed E-state index contributed by atoms with van der Waals surface area (Å²) in [6.45, 7) is 1.80. The first-order chi connectivity index (χ1) is 11.2. The standard InChI is InChI=1S/C16H15N3O3S/c1-10-13(9-14(20)19-16-17-7-8-23-16)18-15(22-10)11-3-5-12(21-2)6-4-11/h3-8H,9H2,1-2H3,(H,17,19,20). The highest BCUT2D eigenvalue weighted by Crippen LogP contribution is 2.24. The van der Waals surface area contributed by atoms with E-state index in [9.17, 15) is 4.79 Å². The Bertz CT molecular complexity index is 795. The lowest BCUT2D eigenvalue weighted by Gasteiger charge is -1.99. The van der Waals surface area contributed by atoms with E-state index in [1.165, 1.54) is 11.3 Å². The first-order valence-electron chi connectivity index (χ1n) is 6.96. The molecule has 0 saturated heterocycles. The summed E-state index contributed by atoms with van der Waals surface area (Å²) in [5.41, 5.74) is 1.45. The number of anilines is 1. The van der Waals surface area contributed by atoms with Crippen molar-refractivity contribution < 1.29 is 13.9 Å². The molecular formula is C16H15N3O3S. The van der Waals surface area contributed by atoms with Gasteiger partial charge in [0.1, 0.15) is 11.5 Å². The number of carbonyl (C=O) groups excluding carboxylic acids is 1. The Morgan fingerprint density at radius 2 is 2.13 bits per heavy atom. The quantitative estimate of drug-likeness (QED) is 0.777. The second kappa shape index (κ2) is 6.62. The largest absolute Gasteiger partial charge is 0.497 e. The molecule has 0 aliphatic carbocycles. The average molecular weight is 329 g/mol. The van der Waals surface area contributed by atoms with Gasteiger partial charge in [0.25, 0.3) is 0 Å². The number of aryl methyl sites for hydroxylation is 1. The van der Waals surface area contributed by atoms with E-state index in [1.807, 2.05) is 24.3 Å². The summed E-state index contributed by atoms with van der Waals surface area (Å²) >= 11 is 1.37. The van der Waals surface area contributed by atoms with Crippen LogP contribution in [0, 0.1) is 6.92 Å². The van der Waals surface area contributed by atoms with E-state index < -0.39 is 0 Å². The molecule has 3 rings (SSSR count). The fraction of sp³-hybridized carbons (Fsp3) is 0.188. The average Bonchev–Trinajstić information content (AvgIpc) is 3.18. The Hall–Kier alpha value is -2.67. The van der Waals surface area contributed by atoms with Crippen LogP contribution in [0.5, 0.6) is 5.75 Å². The number of benzene rings is 1. The van der Waals surface area contributed by atoms with Gasteiger partial charge in [0.15, 0.2) is 5.13 Å². The first-order valence-corrected chi connectivity index (χ1v) is 7.84. The minimum Gasteiger partial charge on any atom is -0.497 e. The maximum Gasteiger partial charge on any atom is 0.232 e. The molecule has 2 heterocycles. The number of carbonyl (C=O) groups is 1. The Balaban J connectivity index is 1.73. The van der Waals surface area contributed by atoms with E-state index in [0.717, 1.165) is 11.3 Å². The monoisotopic (exact) mass is 329 g/mol. The van der Waals surface area contributed by atoms with Gasteiger partial charge in [-0.15, -0.1) is 11.3 Å². The highest BCUT2D eigenvalue weighted by atomic mass is 32.1. The van der Waals surface area contributed by atoms with Gasteiger partial charge in [0.05, 0.1) is 19.2 Å². The number of nitrogens with one attached hydrogen (secondary N) is 1. The van der Waals surface area contributed by atoms with Crippen LogP contribution in [0.1, 0.15) is 11.5 Å². The van der Waals surface area contributed by atoms with Crippen molar-refractivity contribution >= 4 is 22.4 Å². The van der Waals surface area contributed by atoms with Crippen molar-refractivity contribution in [3.05, 3.63) is 47.3 Å². The van der Waals surface area contributed by atoms with E-state index in [1.54, 1.807) is 25.6 Å². The predicted molar refractivity (Wildman–Crippen MR) is 87.7 cm³/mol. The van der Waals surface area contributed by atoms with E-state index in [0.29, 0.717) is 22.5 Å². The van der Waals surface area contributed by atoms with Crippen LogP contribution in [0.2, 0.25) is 0 Å². The minimum atomic E-state index is -0.169. The van der Waals surface area contributed by atoms with Crippen LogP contribution < -0.4 is 10.1 Å². The van der Waals surface area contributed by atoms with Crippen LogP contribution in [-0.4, -0.2) is 23.0 Å². The van der Waals surface area contributed by atoms with Crippen molar-refractivity contribution in [1.29, 1.82) is 0 Å². The van der Waals surface area contributed by atoms with Crippen LogP contribution in [0.3, 0.4) is 0 Å². The lowest BCUT2D eigenvalue weighted by Crippen LogP contribution is -2.14. The van der Waals surface area contributed by atoms with Crippen molar-refractivity contribution in [2.24, 2.45) is 0 Å². The molecule has 3 aromatic rings. The number of hydrogen-bond acceptors (Lipinski definition) is 6. The molecule has 0 unspecified atom stereocenters. The molecule has 0 atom stereocenters. The summed E-state index contributed by atoms with van der Waals surface area (Å²) in [5.74, 6) is 1.71. The molecule has 2 aromatic heterocycles. The molecule has 0 bridgehead atoms. The molecule has 0 aliphatic rings. The van der Waals surface area contributed by atoms with Gasteiger partial charge in [-0.25, -0.2) is 9.97 Å². The lowest BCUT2D eigenvalue weighted by atomic mass is 10.2. The molecule has 0 radical (unpaired) electrons. The van der Waals surface area contributed by atoms with Crippen LogP contribution in [0.4, 0.5) is 5.13 Å². The maximum atomic E-state index is 12.0. The van der Waals surface area contributed by atoms with Gasteiger partial charge < -0.3 is 14.5 Å². The predicted octanol–water partition coefficient (Wildman–Crippen LogP) is 3.30. The fourth-order valence-corrected chi connectivity index (χ4v) is 2.59. The molecule has 23 heavy (non-hydrogen) atoms. The lowest BCUT2D eigenvalue weighted by molar-refractivity contribution is -0.115. The third-order valence-corrected chi connectivity index (χ3v) is 3.92. The molecule has 1 amide bonds. The SMILES string of the molecule is COc1ccc(-c2nc(CC(=O)Nc3nccs3)c(C)o2)cc1. The smallest absolute Gasteiger partial charge is 0.232 e. The van der Waals surface area contributed by atoms with Gasteiger partial charge >= 0.3 is 0 Å². The Morgan fingerprint density at radius 1 is 1.35 bits per heavy atom. The van der Waals surface area contributed by atoms with E-state index in [4.69, 9.17) is 9.15 Å². The van der Waals surface area contributed by atoms with Crippen molar-refractivity contribution in [3.8, 4) is 17.2 Å². The number of amides is 1. The Labute approximate surface area is 137 Å². The zero-order chi connectivity index (χ0) is 16.2. The molecule has 1 N–H and O–H groups in total. The molecular weight excluding hydrogens is 314 g/mol. The molecule has 6 nitrogen and oxygen atoms in total. The van der Waals surface area contributed by atoms with Crippen molar-refractivity contribution in [3.63, 3.8) is 0 Å². The zero-order valence-electron chi connectivity index (χ0n) is 12.7. The minimum absolute atomic E-state index is 0.144. The zero-order valence-corrected chi connectivity index (χ0v) is 13.5. The first kappa shape index (κ1) is 15.2. The molecule has 1 aromatic carbocycles. The summed E-state index contributed by atoms with van der Waals surface area (Å²) in [5, 5.41) is 5.11. The highest BCUT2D eigenvalue weighted by molar-refractivity contribution is 7.13. The molecule has 7 heteroatoms. The van der Waals surface area contributed by atoms with Gasteiger partial charge in [0.2, 0.25) is 11.8 Å². The van der Waals surface area contributed by atoms with Gasteiger partial charge in [-0.2, -0.15) is 0 Å². The molecule has 118 valence electrons. The third-order valence-electron chi connectivity index (χ3n) is 3.24. The second-order valence-corrected chi connectivity index (χ2v) is 5.71. The maximum absolute atomic E-state index is 12.0. The summed E-state index contributed by atoms with van der Waals surface area (Å²) in [6, 6.07) is 7.40. The van der Waals surface area contributed by atoms with Crippen LogP contribution in [-0.2, 0) is 11.2 Å². The number of ether oxygens (including phenoxy) is 1. The molecule has 0 spiro atoms. The number of methoxy groups -OCH3 is 1. The number of nitrogens with zero attached hydrogens (tertiary/aromatic N) is 2. The van der Waals surface area contributed by atoms with Crippen molar-refractivity contribution in [1.82, 2.24) is 9.97 Å². The number of oxazole rings is 1. The van der Waals surface area contributed by atoms with Gasteiger partial charge in [-0.1, -0.05) is 0 Å². The third kappa shape index (κ3) is 3.57. The van der Waals surface area contributed by atoms with E-state index >= 15 is 0 Å². The summed E-state index contributed by atoms with van der Waals surface area (Å²) in [4.78, 5) is 20.5. The Kier molecular flexibility index (Phi) is 4.38. The molecule has 0 fully saturated rings. The summed E-state index contributed by atoms with van der Waals surface area (Å²) < 4.78 is 10.8. The van der Waals surface area contributed by atoms with Crippen LogP contribution >= 0.6 is 11.3 Å².